The van der Waals surface area contributed by atoms with E-state index >= 15 is 0 Å². The van der Waals surface area contributed by atoms with E-state index < -0.39 is 10.0 Å². The van der Waals surface area contributed by atoms with Crippen molar-refractivity contribution >= 4 is 33.1 Å². The second kappa shape index (κ2) is 6.78. The lowest BCUT2D eigenvalue weighted by Gasteiger charge is -2.11. The van der Waals surface area contributed by atoms with Crippen LogP contribution in [0.25, 0.3) is 0 Å². The molecule has 1 rings (SSSR count). The molecule has 0 aliphatic heterocycles. The van der Waals surface area contributed by atoms with Crippen molar-refractivity contribution in [2.75, 3.05) is 20.6 Å². The quantitative estimate of drug-likeness (QED) is 0.714. The summed E-state index contributed by atoms with van der Waals surface area (Å²) in [7, 11) is -0.582. The van der Waals surface area contributed by atoms with Crippen molar-refractivity contribution in [3.05, 3.63) is 29.8 Å². The van der Waals surface area contributed by atoms with Gasteiger partial charge in [0.25, 0.3) is 0 Å². The van der Waals surface area contributed by atoms with Crippen molar-refractivity contribution in [2.45, 2.75) is 11.3 Å². The predicted octanol–water partition coefficient (Wildman–Crippen LogP) is -0.118. The summed E-state index contributed by atoms with van der Waals surface area (Å²) in [4.78, 5) is 13.1. The molecule has 0 aromatic heterocycles. The van der Waals surface area contributed by atoms with Gasteiger partial charge in [-0.2, -0.15) is 0 Å². The third-order valence-corrected chi connectivity index (χ3v) is 4.09. The highest BCUT2D eigenvalue weighted by molar-refractivity contribution is 7.89. The maximum atomic E-state index is 12.0. The van der Waals surface area contributed by atoms with Crippen LogP contribution in [0.1, 0.15) is 5.56 Å². The number of sulfonamides is 1. The van der Waals surface area contributed by atoms with Crippen LogP contribution >= 0.6 is 12.2 Å². The summed E-state index contributed by atoms with van der Waals surface area (Å²) in [5.74, 6) is -0.321. The molecule has 0 spiro atoms. The van der Waals surface area contributed by atoms with Crippen molar-refractivity contribution in [3.63, 3.8) is 0 Å². The molecule has 6 nitrogen and oxygen atoms in total. The average molecular weight is 315 g/mol. The molecule has 0 aliphatic rings. The third kappa shape index (κ3) is 4.87. The Hall–Kier alpha value is -1.51. The minimum absolute atomic E-state index is 0.0933. The molecule has 0 radical (unpaired) electrons. The Bertz CT molecular complexity index is 595. The molecular formula is C12H17N3O3S2. The summed E-state index contributed by atoms with van der Waals surface area (Å²) in [6.45, 7) is -0.274. The predicted molar refractivity (Wildman–Crippen MR) is 80.8 cm³/mol. The molecule has 0 atom stereocenters. The van der Waals surface area contributed by atoms with Crippen LogP contribution in [0.2, 0.25) is 0 Å². The van der Waals surface area contributed by atoms with E-state index in [0.717, 1.165) is 5.56 Å². The van der Waals surface area contributed by atoms with Crippen LogP contribution in [0.3, 0.4) is 0 Å². The number of nitrogens with one attached hydrogen (secondary N) is 1. The fourth-order valence-corrected chi connectivity index (χ4v) is 2.53. The van der Waals surface area contributed by atoms with Crippen LogP contribution in [0, 0.1) is 0 Å². The van der Waals surface area contributed by atoms with Crippen LogP contribution in [-0.2, 0) is 21.2 Å². The molecule has 1 aromatic carbocycles. The van der Waals surface area contributed by atoms with E-state index in [0.29, 0.717) is 11.4 Å². The zero-order chi connectivity index (χ0) is 15.3. The maximum Gasteiger partial charge on any atom is 0.241 e. The number of likely N-dealkylation sites (N-methyl/N-ethyl adjacent to an activating group) is 1. The molecule has 1 aromatic rings. The SMILES string of the molecule is CN(C)C(=O)CNS(=O)(=O)c1ccc(CC(N)=S)cc1. The number of rotatable bonds is 6. The van der Waals surface area contributed by atoms with Crippen molar-refractivity contribution in [2.24, 2.45) is 5.73 Å². The number of hydrogen-bond donors (Lipinski definition) is 2. The van der Waals surface area contributed by atoms with Gasteiger partial charge in [0, 0.05) is 20.5 Å². The van der Waals surface area contributed by atoms with Gasteiger partial charge in [0.15, 0.2) is 0 Å². The van der Waals surface area contributed by atoms with Crippen LogP contribution < -0.4 is 10.5 Å². The Morgan fingerprint density at radius 2 is 1.85 bits per heavy atom. The van der Waals surface area contributed by atoms with Crippen LogP contribution in [0.4, 0.5) is 0 Å². The van der Waals surface area contributed by atoms with E-state index in [2.05, 4.69) is 4.72 Å². The molecule has 0 heterocycles. The van der Waals surface area contributed by atoms with E-state index in [1.807, 2.05) is 0 Å². The summed E-state index contributed by atoms with van der Waals surface area (Å²) in [6, 6.07) is 6.19. The minimum Gasteiger partial charge on any atom is -0.393 e. The number of nitrogens with zero attached hydrogens (tertiary/aromatic N) is 1. The molecule has 0 bridgehead atoms. The summed E-state index contributed by atoms with van der Waals surface area (Å²) in [5.41, 5.74) is 6.25. The second-order valence-electron chi connectivity index (χ2n) is 4.40. The summed E-state index contributed by atoms with van der Waals surface area (Å²) in [6.07, 6.45) is 0.419. The first kappa shape index (κ1) is 16.5. The molecule has 110 valence electrons. The molecule has 0 aliphatic carbocycles. The second-order valence-corrected chi connectivity index (χ2v) is 6.69. The lowest BCUT2D eigenvalue weighted by molar-refractivity contribution is -0.127. The normalized spacial score (nSPS) is 11.1. The summed E-state index contributed by atoms with van der Waals surface area (Å²) in [5, 5.41) is 0. The van der Waals surface area contributed by atoms with Gasteiger partial charge in [-0.1, -0.05) is 24.4 Å². The summed E-state index contributed by atoms with van der Waals surface area (Å²) < 4.78 is 26.2. The Balaban J connectivity index is 2.77. The number of carbonyl (C=O) groups excluding carboxylic acids is 1. The highest BCUT2D eigenvalue weighted by Gasteiger charge is 2.16. The van der Waals surface area contributed by atoms with Gasteiger partial charge in [0.2, 0.25) is 15.9 Å². The van der Waals surface area contributed by atoms with Gasteiger partial charge < -0.3 is 10.6 Å². The number of thiocarbonyl (C=S) groups is 1. The van der Waals surface area contributed by atoms with E-state index in [4.69, 9.17) is 18.0 Å². The van der Waals surface area contributed by atoms with Crippen LogP contribution in [0.5, 0.6) is 0 Å². The van der Waals surface area contributed by atoms with Crippen molar-refractivity contribution in [1.82, 2.24) is 9.62 Å². The average Bonchev–Trinajstić information content (AvgIpc) is 2.35. The molecule has 0 unspecified atom stereocenters. The molecule has 8 heteroatoms. The zero-order valence-corrected chi connectivity index (χ0v) is 12.9. The maximum absolute atomic E-state index is 12.0. The van der Waals surface area contributed by atoms with Crippen LogP contribution in [-0.4, -0.2) is 44.9 Å². The number of benzene rings is 1. The van der Waals surface area contributed by atoms with Gasteiger partial charge in [-0.25, -0.2) is 13.1 Å². The first-order valence-electron chi connectivity index (χ1n) is 5.79. The number of hydrogen-bond acceptors (Lipinski definition) is 4. The van der Waals surface area contributed by atoms with Gasteiger partial charge in [0.05, 0.1) is 16.4 Å². The Labute approximate surface area is 124 Å². The van der Waals surface area contributed by atoms with Gasteiger partial charge in [-0.15, -0.1) is 0 Å². The first-order valence-corrected chi connectivity index (χ1v) is 7.68. The van der Waals surface area contributed by atoms with E-state index in [1.165, 1.54) is 17.0 Å². The van der Waals surface area contributed by atoms with Crippen molar-refractivity contribution in [3.8, 4) is 0 Å². The molecule has 0 saturated heterocycles. The van der Waals surface area contributed by atoms with Gasteiger partial charge in [-0.3, -0.25) is 4.79 Å². The Kier molecular flexibility index (Phi) is 5.61. The molecule has 0 saturated carbocycles. The van der Waals surface area contributed by atoms with Gasteiger partial charge in [-0.05, 0) is 17.7 Å². The molecule has 0 fully saturated rings. The molecular weight excluding hydrogens is 298 g/mol. The zero-order valence-electron chi connectivity index (χ0n) is 11.3. The number of amides is 1. The van der Waals surface area contributed by atoms with Crippen molar-refractivity contribution in [1.29, 1.82) is 0 Å². The van der Waals surface area contributed by atoms with Crippen LogP contribution in [0.15, 0.2) is 29.2 Å². The first-order chi connectivity index (χ1) is 9.22. The van der Waals surface area contributed by atoms with E-state index in [1.54, 1.807) is 26.2 Å². The minimum atomic E-state index is -3.70. The third-order valence-electron chi connectivity index (χ3n) is 2.52. The van der Waals surface area contributed by atoms with Gasteiger partial charge in [0.1, 0.15) is 0 Å². The molecule has 20 heavy (non-hydrogen) atoms. The Morgan fingerprint density at radius 1 is 1.30 bits per heavy atom. The van der Waals surface area contributed by atoms with E-state index in [-0.39, 0.29) is 17.3 Å². The Morgan fingerprint density at radius 3 is 2.30 bits per heavy atom. The molecule has 1 amide bonds. The van der Waals surface area contributed by atoms with Crippen molar-refractivity contribution < 1.29 is 13.2 Å². The lowest BCUT2D eigenvalue weighted by Crippen LogP contribution is -2.36. The monoisotopic (exact) mass is 315 g/mol. The number of nitrogens with two attached hydrogens (primary N) is 1. The largest absolute Gasteiger partial charge is 0.393 e. The molecule has 3 N–H and O–H groups in total. The highest BCUT2D eigenvalue weighted by Crippen LogP contribution is 2.11. The summed E-state index contributed by atoms with van der Waals surface area (Å²) >= 11 is 4.78. The standard InChI is InChI=1S/C12H17N3O3S2/c1-15(2)12(16)8-14-20(17,18)10-5-3-9(4-6-10)7-11(13)19/h3-6,14H,7-8H2,1-2H3,(H2,13,19). The smallest absolute Gasteiger partial charge is 0.241 e. The topological polar surface area (TPSA) is 92.5 Å². The highest BCUT2D eigenvalue weighted by atomic mass is 32.2. The fourth-order valence-electron chi connectivity index (χ4n) is 1.39. The lowest BCUT2D eigenvalue weighted by atomic mass is 10.1. The van der Waals surface area contributed by atoms with E-state index in [9.17, 15) is 13.2 Å². The van der Waals surface area contributed by atoms with Gasteiger partial charge >= 0.3 is 0 Å². The fraction of sp³-hybridized carbons (Fsp3) is 0.333. The number of carbonyl (C=O) groups is 1.